The van der Waals surface area contributed by atoms with Gasteiger partial charge in [-0.05, 0) is 24.3 Å². The number of carbonyl (C=O) groups is 1. The van der Waals surface area contributed by atoms with Gasteiger partial charge in [0.2, 0.25) is 5.16 Å². The summed E-state index contributed by atoms with van der Waals surface area (Å²) in [6.07, 6.45) is 0. The fourth-order valence-corrected chi connectivity index (χ4v) is 2.93. The lowest BCUT2D eigenvalue weighted by Gasteiger charge is -2.03. The van der Waals surface area contributed by atoms with Crippen LogP contribution in [-0.2, 0) is 6.61 Å². The number of non-ortho nitro benzene ring substituents is 1. The highest BCUT2D eigenvalue weighted by molar-refractivity contribution is 7.99. The SMILES string of the molecule is O=C(CSc1n[nH]c(COc2ccc(Cl)cc2)n1)c1cccc([N+](=O)[O-])c1. The van der Waals surface area contributed by atoms with E-state index in [0.29, 0.717) is 21.8 Å². The molecule has 3 aromatic rings. The number of rotatable bonds is 8. The Morgan fingerprint density at radius 2 is 2.04 bits per heavy atom. The van der Waals surface area contributed by atoms with Crippen LogP contribution >= 0.6 is 23.4 Å². The molecule has 3 rings (SSSR count). The van der Waals surface area contributed by atoms with Crippen LogP contribution < -0.4 is 4.74 Å². The quantitative estimate of drug-likeness (QED) is 0.262. The summed E-state index contributed by atoms with van der Waals surface area (Å²) in [5.41, 5.74) is 0.156. The third-order valence-electron chi connectivity index (χ3n) is 3.41. The van der Waals surface area contributed by atoms with Crippen LogP contribution in [-0.4, -0.2) is 31.6 Å². The first-order valence-electron chi connectivity index (χ1n) is 7.71. The molecule has 0 amide bonds. The zero-order chi connectivity index (χ0) is 19.2. The van der Waals surface area contributed by atoms with Crippen molar-refractivity contribution in [3.05, 3.63) is 75.1 Å². The Bertz CT molecular complexity index is 962. The Labute approximate surface area is 163 Å². The summed E-state index contributed by atoms with van der Waals surface area (Å²) in [6.45, 7) is 0.189. The van der Waals surface area contributed by atoms with Gasteiger partial charge in [-0.2, -0.15) is 0 Å². The summed E-state index contributed by atoms with van der Waals surface area (Å²) in [4.78, 5) is 26.7. The number of nitrogens with zero attached hydrogens (tertiary/aromatic N) is 3. The fourth-order valence-electron chi connectivity index (χ4n) is 2.10. The van der Waals surface area contributed by atoms with Gasteiger partial charge in [0.25, 0.3) is 5.69 Å². The lowest BCUT2D eigenvalue weighted by Crippen LogP contribution is -2.03. The standard InChI is InChI=1S/C17H13ClN4O4S/c18-12-4-6-14(7-5-12)26-9-16-19-17(21-20-16)27-10-15(23)11-2-1-3-13(8-11)22(24)25/h1-8H,9-10H2,(H,19,20,21). The molecule has 1 heterocycles. The van der Waals surface area contributed by atoms with Crippen LogP contribution in [0.5, 0.6) is 5.75 Å². The zero-order valence-corrected chi connectivity index (χ0v) is 15.4. The number of hydrogen-bond acceptors (Lipinski definition) is 7. The van der Waals surface area contributed by atoms with Crippen molar-refractivity contribution >= 4 is 34.8 Å². The Hall–Kier alpha value is -2.91. The van der Waals surface area contributed by atoms with Crippen LogP contribution in [0.25, 0.3) is 0 Å². The second-order valence-electron chi connectivity index (χ2n) is 5.33. The number of halogens is 1. The van der Waals surface area contributed by atoms with Gasteiger partial charge in [0.05, 0.1) is 10.7 Å². The van der Waals surface area contributed by atoms with E-state index in [0.717, 1.165) is 11.8 Å². The highest BCUT2D eigenvalue weighted by atomic mass is 35.5. The summed E-state index contributed by atoms with van der Waals surface area (Å²) < 4.78 is 5.56. The van der Waals surface area contributed by atoms with Crippen LogP contribution in [0.15, 0.2) is 53.7 Å². The van der Waals surface area contributed by atoms with Crippen LogP contribution in [0.3, 0.4) is 0 Å². The third-order valence-corrected chi connectivity index (χ3v) is 4.51. The van der Waals surface area contributed by atoms with Crippen LogP contribution in [0.2, 0.25) is 5.02 Å². The predicted molar refractivity (Wildman–Crippen MR) is 100 cm³/mol. The molecule has 138 valence electrons. The molecule has 1 aromatic heterocycles. The van der Waals surface area contributed by atoms with Crippen LogP contribution in [0.1, 0.15) is 16.2 Å². The number of nitro groups is 1. The van der Waals surface area contributed by atoms with Crippen LogP contribution in [0.4, 0.5) is 5.69 Å². The van der Waals surface area contributed by atoms with Gasteiger partial charge >= 0.3 is 0 Å². The molecule has 0 radical (unpaired) electrons. The van der Waals surface area contributed by atoms with Gasteiger partial charge in [-0.15, -0.1) is 5.10 Å². The summed E-state index contributed by atoms with van der Waals surface area (Å²) in [6, 6.07) is 12.5. The van der Waals surface area contributed by atoms with Crippen molar-refractivity contribution in [2.45, 2.75) is 11.8 Å². The van der Waals surface area contributed by atoms with E-state index in [-0.39, 0.29) is 29.4 Å². The minimum atomic E-state index is -0.536. The third kappa shape index (κ3) is 5.28. The maximum absolute atomic E-state index is 12.2. The molecule has 0 atom stereocenters. The van der Waals surface area contributed by atoms with E-state index < -0.39 is 4.92 Å². The Morgan fingerprint density at radius 3 is 2.78 bits per heavy atom. The van der Waals surface area contributed by atoms with Crippen molar-refractivity contribution in [2.24, 2.45) is 0 Å². The van der Waals surface area contributed by atoms with Gasteiger partial charge < -0.3 is 4.74 Å². The van der Waals surface area contributed by atoms with Crippen molar-refractivity contribution < 1.29 is 14.5 Å². The first-order chi connectivity index (χ1) is 13.0. The number of ketones is 1. The Morgan fingerprint density at radius 1 is 1.26 bits per heavy atom. The molecule has 0 spiro atoms. The maximum atomic E-state index is 12.2. The smallest absolute Gasteiger partial charge is 0.270 e. The van der Waals surface area contributed by atoms with Gasteiger partial charge in [-0.3, -0.25) is 20.0 Å². The molecule has 0 fully saturated rings. The molecule has 1 N–H and O–H groups in total. The van der Waals surface area contributed by atoms with Crippen molar-refractivity contribution in [1.82, 2.24) is 15.2 Å². The van der Waals surface area contributed by atoms with E-state index in [1.54, 1.807) is 30.3 Å². The number of Topliss-reactive ketones (excluding diaryl/α,β-unsaturated/α-hetero) is 1. The molecule has 27 heavy (non-hydrogen) atoms. The number of carbonyl (C=O) groups excluding carboxylic acids is 1. The zero-order valence-electron chi connectivity index (χ0n) is 13.8. The molecule has 0 aliphatic heterocycles. The average molecular weight is 405 g/mol. The number of thioether (sulfide) groups is 1. The summed E-state index contributed by atoms with van der Waals surface area (Å²) in [7, 11) is 0. The molecule has 0 aliphatic rings. The minimum absolute atomic E-state index is 0.0660. The Balaban J connectivity index is 1.53. The number of H-pyrrole nitrogens is 1. The molecule has 2 aromatic carbocycles. The van der Waals surface area contributed by atoms with Gasteiger partial charge in [0, 0.05) is 22.7 Å². The number of aromatic amines is 1. The highest BCUT2D eigenvalue weighted by Crippen LogP contribution is 2.19. The molecule has 0 aliphatic carbocycles. The van der Waals surface area contributed by atoms with E-state index >= 15 is 0 Å². The minimum Gasteiger partial charge on any atom is -0.486 e. The number of aromatic nitrogens is 3. The molecular weight excluding hydrogens is 392 g/mol. The van der Waals surface area contributed by atoms with Gasteiger partial charge in [0.1, 0.15) is 12.4 Å². The maximum Gasteiger partial charge on any atom is 0.270 e. The highest BCUT2D eigenvalue weighted by Gasteiger charge is 2.13. The van der Waals surface area contributed by atoms with E-state index in [9.17, 15) is 14.9 Å². The summed E-state index contributed by atoms with van der Waals surface area (Å²) in [5, 5.41) is 18.6. The van der Waals surface area contributed by atoms with Crippen molar-refractivity contribution in [1.29, 1.82) is 0 Å². The largest absolute Gasteiger partial charge is 0.486 e. The molecule has 10 heteroatoms. The van der Waals surface area contributed by atoms with E-state index in [2.05, 4.69) is 15.2 Å². The van der Waals surface area contributed by atoms with Gasteiger partial charge in [-0.1, -0.05) is 35.5 Å². The predicted octanol–water partition coefficient (Wildman–Crippen LogP) is 3.92. The van der Waals surface area contributed by atoms with Gasteiger partial charge in [-0.25, -0.2) is 4.98 Å². The molecular formula is C17H13ClN4O4S. The number of hydrogen-bond donors (Lipinski definition) is 1. The first kappa shape index (κ1) is 18.9. The van der Waals surface area contributed by atoms with Crippen molar-refractivity contribution in [2.75, 3.05) is 5.75 Å². The summed E-state index contributed by atoms with van der Waals surface area (Å²) in [5.74, 6) is 0.977. The fraction of sp³-hybridized carbons (Fsp3) is 0.118. The molecule has 8 nitrogen and oxygen atoms in total. The number of benzene rings is 2. The first-order valence-corrected chi connectivity index (χ1v) is 9.08. The monoisotopic (exact) mass is 404 g/mol. The van der Waals surface area contributed by atoms with Crippen molar-refractivity contribution in [3.8, 4) is 5.75 Å². The van der Waals surface area contributed by atoms with Crippen molar-refractivity contribution in [3.63, 3.8) is 0 Å². The Kier molecular flexibility index (Phi) is 6.05. The molecule has 0 saturated carbocycles. The summed E-state index contributed by atoms with van der Waals surface area (Å²) >= 11 is 6.95. The molecule has 0 bridgehead atoms. The lowest BCUT2D eigenvalue weighted by atomic mass is 10.1. The van der Waals surface area contributed by atoms with E-state index in [4.69, 9.17) is 16.3 Å². The van der Waals surface area contributed by atoms with E-state index in [1.807, 2.05) is 0 Å². The number of ether oxygens (including phenoxy) is 1. The van der Waals surface area contributed by atoms with Gasteiger partial charge in [0.15, 0.2) is 11.6 Å². The topological polar surface area (TPSA) is 111 Å². The average Bonchev–Trinajstić information content (AvgIpc) is 3.13. The molecule has 0 saturated heterocycles. The van der Waals surface area contributed by atoms with E-state index in [1.165, 1.54) is 18.2 Å². The molecule has 0 unspecified atom stereocenters. The number of nitrogens with one attached hydrogen (secondary N) is 1. The lowest BCUT2D eigenvalue weighted by molar-refractivity contribution is -0.384. The second-order valence-corrected chi connectivity index (χ2v) is 6.71. The number of nitro benzene ring substituents is 1. The normalized spacial score (nSPS) is 10.6. The van der Waals surface area contributed by atoms with Crippen LogP contribution in [0, 0.1) is 10.1 Å². The second kappa shape index (κ2) is 8.65.